The Labute approximate surface area is 144 Å². The number of carbonyl (C=O) groups is 1. The van der Waals surface area contributed by atoms with Gasteiger partial charge in [-0.3, -0.25) is 4.79 Å². The molecule has 0 spiro atoms. The second kappa shape index (κ2) is 8.53. The van der Waals surface area contributed by atoms with Crippen molar-refractivity contribution in [2.24, 2.45) is 0 Å². The summed E-state index contributed by atoms with van der Waals surface area (Å²) < 4.78 is 0. The number of nitrogens with zero attached hydrogens (tertiary/aromatic N) is 2. The van der Waals surface area contributed by atoms with E-state index in [2.05, 4.69) is 53.4 Å². The first-order valence-electron chi connectivity index (χ1n) is 8.94. The van der Waals surface area contributed by atoms with Crippen molar-refractivity contribution in [1.82, 2.24) is 4.90 Å². The zero-order valence-corrected chi connectivity index (χ0v) is 14.2. The van der Waals surface area contributed by atoms with Crippen LogP contribution in [0.25, 0.3) is 0 Å². The number of benzene rings is 2. The van der Waals surface area contributed by atoms with Gasteiger partial charge in [0, 0.05) is 38.3 Å². The standard InChI is InChI=1S/C21H26N2O/c24-21(14-8-7-11-19-9-3-1-4-10-19)23-17-15-22(16-18-23)20-12-5-2-6-13-20/h1-6,9-10,12-13H,7-8,11,14-18H2. The van der Waals surface area contributed by atoms with E-state index >= 15 is 0 Å². The lowest BCUT2D eigenvalue weighted by molar-refractivity contribution is -0.131. The highest BCUT2D eigenvalue weighted by Gasteiger charge is 2.20. The van der Waals surface area contributed by atoms with Crippen molar-refractivity contribution in [2.75, 3.05) is 31.1 Å². The molecule has 3 nitrogen and oxygen atoms in total. The second-order valence-electron chi connectivity index (χ2n) is 6.40. The van der Waals surface area contributed by atoms with Gasteiger partial charge in [-0.15, -0.1) is 0 Å². The van der Waals surface area contributed by atoms with E-state index in [0.29, 0.717) is 12.3 Å². The van der Waals surface area contributed by atoms with E-state index in [9.17, 15) is 4.79 Å². The Morgan fingerprint density at radius 2 is 1.42 bits per heavy atom. The van der Waals surface area contributed by atoms with Crippen molar-refractivity contribution in [1.29, 1.82) is 0 Å². The number of carbonyl (C=O) groups excluding carboxylic acids is 1. The Kier molecular flexibility index (Phi) is 5.89. The van der Waals surface area contributed by atoms with Gasteiger partial charge in [-0.05, 0) is 37.0 Å². The van der Waals surface area contributed by atoms with Crippen LogP contribution in [0.15, 0.2) is 60.7 Å². The first-order chi connectivity index (χ1) is 11.8. The smallest absolute Gasteiger partial charge is 0.222 e. The van der Waals surface area contributed by atoms with Crippen molar-refractivity contribution >= 4 is 11.6 Å². The Morgan fingerprint density at radius 1 is 0.792 bits per heavy atom. The molecule has 1 fully saturated rings. The maximum Gasteiger partial charge on any atom is 0.222 e. The van der Waals surface area contributed by atoms with Gasteiger partial charge in [0.05, 0.1) is 0 Å². The summed E-state index contributed by atoms with van der Waals surface area (Å²) in [5, 5.41) is 0. The zero-order valence-electron chi connectivity index (χ0n) is 14.2. The first kappa shape index (κ1) is 16.6. The zero-order chi connectivity index (χ0) is 16.6. The molecule has 1 amide bonds. The fourth-order valence-electron chi connectivity index (χ4n) is 3.26. The van der Waals surface area contributed by atoms with Crippen LogP contribution >= 0.6 is 0 Å². The molecular weight excluding hydrogens is 296 g/mol. The summed E-state index contributed by atoms with van der Waals surface area (Å²) in [5.74, 6) is 0.316. The van der Waals surface area contributed by atoms with Crippen LogP contribution in [0.4, 0.5) is 5.69 Å². The average Bonchev–Trinajstić information content (AvgIpc) is 2.67. The van der Waals surface area contributed by atoms with Crippen molar-refractivity contribution in [3.05, 3.63) is 66.2 Å². The van der Waals surface area contributed by atoms with Gasteiger partial charge in [0.2, 0.25) is 5.91 Å². The highest BCUT2D eigenvalue weighted by atomic mass is 16.2. The third-order valence-electron chi connectivity index (χ3n) is 4.70. The summed E-state index contributed by atoms with van der Waals surface area (Å²) in [6.45, 7) is 3.54. The topological polar surface area (TPSA) is 23.6 Å². The van der Waals surface area contributed by atoms with Crippen LogP contribution < -0.4 is 4.90 Å². The molecule has 2 aromatic carbocycles. The van der Waals surface area contributed by atoms with Crippen LogP contribution in [0.5, 0.6) is 0 Å². The van der Waals surface area contributed by atoms with Gasteiger partial charge in [-0.2, -0.15) is 0 Å². The average molecular weight is 322 g/mol. The van der Waals surface area contributed by atoms with Crippen molar-refractivity contribution in [3.8, 4) is 0 Å². The van der Waals surface area contributed by atoms with Gasteiger partial charge in [0.25, 0.3) is 0 Å². The molecule has 0 unspecified atom stereocenters. The van der Waals surface area contributed by atoms with E-state index in [1.807, 2.05) is 17.0 Å². The van der Waals surface area contributed by atoms with Gasteiger partial charge in [0.15, 0.2) is 0 Å². The molecule has 1 aliphatic heterocycles. The molecule has 2 aromatic rings. The minimum Gasteiger partial charge on any atom is -0.368 e. The van der Waals surface area contributed by atoms with E-state index in [-0.39, 0.29) is 0 Å². The van der Waals surface area contributed by atoms with Crippen LogP contribution in [0.2, 0.25) is 0 Å². The van der Waals surface area contributed by atoms with Crippen LogP contribution in [0.3, 0.4) is 0 Å². The number of hydrogen-bond donors (Lipinski definition) is 0. The highest BCUT2D eigenvalue weighted by Crippen LogP contribution is 2.16. The van der Waals surface area contributed by atoms with Crippen molar-refractivity contribution in [3.63, 3.8) is 0 Å². The molecule has 1 saturated heterocycles. The lowest BCUT2D eigenvalue weighted by Gasteiger charge is -2.36. The van der Waals surface area contributed by atoms with Crippen LogP contribution in [0.1, 0.15) is 24.8 Å². The molecule has 0 radical (unpaired) electrons. The number of aryl methyl sites for hydroxylation is 1. The molecule has 3 rings (SSSR count). The fourth-order valence-corrected chi connectivity index (χ4v) is 3.26. The minimum absolute atomic E-state index is 0.316. The normalized spacial score (nSPS) is 14.7. The maximum absolute atomic E-state index is 12.4. The van der Waals surface area contributed by atoms with E-state index < -0.39 is 0 Å². The van der Waals surface area contributed by atoms with Gasteiger partial charge in [-0.25, -0.2) is 0 Å². The maximum atomic E-state index is 12.4. The summed E-state index contributed by atoms with van der Waals surface area (Å²) in [6, 6.07) is 21.0. The number of amides is 1. The predicted molar refractivity (Wildman–Crippen MR) is 99.2 cm³/mol. The van der Waals surface area contributed by atoms with Gasteiger partial charge >= 0.3 is 0 Å². The second-order valence-corrected chi connectivity index (χ2v) is 6.40. The van der Waals surface area contributed by atoms with Gasteiger partial charge in [0.1, 0.15) is 0 Å². The predicted octanol–water partition coefficient (Wildman–Crippen LogP) is 3.75. The van der Waals surface area contributed by atoms with Crippen LogP contribution in [0, 0.1) is 0 Å². The molecule has 24 heavy (non-hydrogen) atoms. The van der Waals surface area contributed by atoms with Gasteiger partial charge < -0.3 is 9.80 Å². The molecule has 0 saturated carbocycles. The molecular formula is C21H26N2O. The molecule has 0 bridgehead atoms. The lowest BCUT2D eigenvalue weighted by Crippen LogP contribution is -2.48. The molecule has 0 aromatic heterocycles. The molecule has 0 atom stereocenters. The van der Waals surface area contributed by atoms with Crippen LogP contribution in [-0.4, -0.2) is 37.0 Å². The fraction of sp³-hybridized carbons (Fsp3) is 0.381. The van der Waals surface area contributed by atoms with E-state index in [4.69, 9.17) is 0 Å². The number of hydrogen-bond acceptors (Lipinski definition) is 2. The Balaban J connectivity index is 1.36. The third kappa shape index (κ3) is 4.60. The largest absolute Gasteiger partial charge is 0.368 e. The highest BCUT2D eigenvalue weighted by molar-refractivity contribution is 5.76. The third-order valence-corrected chi connectivity index (χ3v) is 4.70. The molecule has 1 heterocycles. The summed E-state index contributed by atoms with van der Waals surface area (Å²) in [4.78, 5) is 16.8. The quantitative estimate of drug-likeness (QED) is 0.756. The van der Waals surface area contributed by atoms with E-state index in [0.717, 1.165) is 45.4 Å². The molecule has 126 valence electrons. The number of piperazine rings is 1. The molecule has 0 aliphatic carbocycles. The summed E-state index contributed by atoms with van der Waals surface area (Å²) >= 11 is 0. The number of unbranched alkanes of at least 4 members (excludes halogenated alkanes) is 1. The minimum atomic E-state index is 0.316. The molecule has 3 heteroatoms. The monoisotopic (exact) mass is 322 g/mol. The lowest BCUT2D eigenvalue weighted by atomic mass is 10.1. The summed E-state index contributed by atoms with van der Waals surface area (Å²) in [6.07, 6.45) is 3.81. The Morgan fingerprint density at radius 3 is 2.08 bits per heavy atom. The van der Waals surface area contributed by atoms with E-state index in [1.54, 1.807) is 0 Å². The molecule has 0 N–H and O–H groups in total. The van der Waals surface area contributed by atoms with Crippen LogP contribution in [-0.2, 0) is 11.2 Å². The number of para-hydroxylation sites is 1. The van der Waals surface area contributed by atoms with Crippen molar-refractivity contribution < 1.29 is 4.79 Å². The Hall–Kier alpha value is -2.29. The summed E-state index contributed by atoms with van der Waals surface area (Å²) in [7, 11) is 0. The van der Waals surface area contributed by atoms with E-state index in [1.165, 1.54) is 11.3 Å². The van der Waals surface area contributed by atoms with Crippen molar-refractivity contribution in [2.45, 2.75) is 25.7 Å². The SMILES string of the molecule is O=C(CCCCc1ccccc1)N1CCN(c2ccccc2)CC1. The summed E-state index contributed by atoms with van der Waals surface area (Å²) in [5.41, 5.74) is 2.62. The van der Waals surface area contributed by atoms with Gasteiger partial charge in [-0.1, -0.05) is 48.5 Å². The Bertz CT molecular complexity index is 619. The number of anilines is 1. The molecule has 1 aliphatic rings. The number of rotatable bonds is 6. The first-order valence-corrected chi connectivity index (χ1v) is 8.94.